The minimum atomic E-state index is -0.531. The van der Waals surface area contributed by atoms with Crippen molar-refractivity contribution in [3.8, 4) is 5.75 Å². The second-order valence-electron chi connectivity index (χ2n) is 8.20. The van der Waals surface area contributed by atoms with E-state index in [9.17, 15) is 14.4 Å². The lowest BCUT2D eigenvalue weighted by atomic mass is 9.62. The average molecular weight is 372 g/mol. The van der Waals surface area contributed by atoms with Gasteiger partial charge in [-0.15, -0.1) is 0 Å². The van der Waals surface area contributed by atoms with Crippen LogP contribution in [0.2, 0.25) is 0 Å². The number of nitrogens with one attached hydrogen (secondary N) is 1. The van der Waals surface area contributed by atoms with Crippen LogP contribution in [0.3, 0.4) is 0 Å². The Balaban J connectivity index is 1.60. The zero-order valence-corrected chi connectivity index (χ0v) is 16.5. The van der Waals surface area contributed by atoms with Crippen molar-refractivity contribution in [3.05, 3.63) is 24.3 Å². The summed E-state index contributed by atoms with van der Waals surface area (Å²) in [4.78, 5) is 39.3. The number of piperidine rings is 1. The van der Waals surface area contributed by atoms with E-state index in [1.165, 1.54) is 4.90 Å². The number of carbonyl (C=O) groups excluding carboxylic acids is 3. The van der Waals surface area contributed by atoms with E-state index in [1.54, 1.807) is 24.3 Å². The molecule has 0 aromatic heterocycles. The Hall–Kier alpha value is -2.37. The van der Waals surface area contributed by atoms with Gasteiger partial charge in [0.25, 0.3) is 0 Å². The van der Waals surface area contributed by atoms with Gasteiger partial charge in [-0.3, -0.25) is 19.3 Å². The quantitative estimate of drug-likeness (QED) is 0.778. The van der Waals surface area contributed by atoms with Gasteiger partial charge in [-0.1, -0.05) is 20.8 Å². The number of hydrogen-bond acceptors (Lipinski definition) is 4. The van der Waals surface area contributed by atoms with Gasteiger partial charge in [-0.05, 0) is 49.4 Å². The highest BCUT2D eigenvalue weighted by Gasteiger charge is 2.64. The molecule has 1 saturated heterocycles. The van der Waals surface area contributed by atoms with Gasteiger partial charge >= 0.3 is 0 Å². The molecule has 6 heteroatoms. The summed E-state index contributed by atoms with van der Waals surface area (Å²) in [7, 11) is 0. The summed E-state index contributed by atoms with van der Waals surface area (Å²) in [6.07, 6.45) is 1.56. The molecule has 6 nitrogen and oxygen atoms in total. The van der Waals surface area contributed by atoms with E-state index in [1.807, 2.05) is 27.7 Å². The van der Waals surface area contributed by atoms with Crippen LogP contribution in [0.25, 0.3) is 0 Å². The topological polar surface area (TPSA) is 75.7 Å². The molecule has 3 amide bonds. The molecule has 1 aliphatic carbocycles. The Morgan fingerprint density at radius 1 is 1.22 bits per heavy atom. The Kier molecular flexibility index (Phi) is 5.02. The highest BCUT2D eigenvalue weighted by atomic mass is 16.5. The molecule has 1 saturated carbocycles. The normalized spacial score (nSPS) is 26.2. The molecular formula is C21H28N2O4. The van der Waals surface area contributed by atoms with Crippen LogP contribution in [-0.2, 0) is 14.4 Å². The maximum Gasteiger partial charge on any atom is 0.235 e. The van der Waals surface area contributed by atoms with Gasteiger partial charge in [-0.2, -0.15) is 0 Å². The third-order valence-electron chi connectivity index (χ3n) is 6.52. The van der Waals surface area contributed by atoms with Crippen molar-refractivity contribution in [2.75, 3.05) is 18.5 Å². The first-order valence-electron chi connectivity index (χ1n) is 9.59. The predicted octanol–water partition coefficient (Wildman–Crippen LogP) is 3.23. The van der Waals surface area contributed by atoms with Gasteiger partial charge in [0.05, 0.1) is 12.0 Å². The number of ether oxygens (including phenoxy) is 1. The van der Waals surface area contributed by atoms with Crippen LogP contribution < -0.4 is 10.1 Å². The van der Waals surface area contributed by atoms with Crippen molar-refractivity contribution < 1.29 is 19.1 Å². The third kappa shape index (κ3) is 3.22. The van der Waals surface area contributed by atoms with E-state index in [0.29, 0.717) is 12.3 Å². The molecule has 0 spiro atoms. The lowest BCUT2D eigenvalue weighted by molar-refractivity contribution is -0.167. The second-order valence-corrected chi connectivity index (χ2v) is 8.20. The first kappa shape index (κ1) is 19.4. The zero-order chi connectivity index (χ0) is 19.8. The Morgan fingerprint density at radius 3 is 2.52 bits per heavy atom. The summed E-state index contributed by atoms with van der Waals surface area (Å²) in [6.45, 7) is 8.59. The van der Waals surface area contributed by atoms with E-state index in [2.05, 4.69) is 5.32 Å². The number of rotatable bonds is 6. The highest BCUT2D eigenvalue weighted by Crippen LogP contribution is 2.60. The molecule has 0 radical (unpaired) electrons. The summed E-state index contributed by atoms with van der Waals surface area (Å²) < 4.78 is 5.37. The van der Waals surface area contributed by atoms with E-state index < -0.39 is 5.41 Å². The number of amides is 3. The van der Waals surface area contributed by atoms with Gasteiger partial charge < -0.3 is 10.1 Å². The van der Waals surface area contributed by atoms with Crippen LogP contribution in [0.5, 0.6) is 5.75 Å². The van der Waals surface area contributed by atoms with Crippen LogP contribution >= 0.6 is 0 Å². The fourth-order valence-electron chi connectivity index (χ4n) is 4.35. The Bertz CT molecular complexity index is 756. The number of hydrogen-bond donors (Lipinski definition) is 1. The first-order chi connectivity index (χ1) is 12.7. The van der Waals surface area contributed by atoms with Crippen LogP contribution in [0.1, 0.15) is 47.0 Å². The Morgan fingerprint density at radius 2 is 1.89 bits per heavy atom. The molecule has 1 heterocycles. The SMILES string of the molecule is CCOc1ccc(NC(=O)CCN2C(=O)C3CCC(C)(C2=O)C3(C)C)cc1. The summed E-state index contributed by atoms with van der Waals surface area (Å²) in [5, 5.41) is 2.80. The highest BCUT2D eigenvalue weighted by molar-refractivity contribution is 6.04. The number of carbonyl (C=O) groups is 3. The summed E-state index contributed by atoms with van der Waals surface area (Å²) in [5.41, 5.74) is -0.202. The van der Waals surface area contributed by atoms with Gasteiger partial charge in [0.15, 0.2) is 0 Å². The predicted molar refractivity (Wildman–Crippen MR) is 102 cm³/mol. The zero-order valence-electron chi connectivity index (χ0n) is 16.5. The van der Waals surface area contributed by atoms with Gasteiger partial charge in [-0.25, -0.2) is 0 Å². The third-order valence-corrected chi connectivity index (χ3v) is 6.52. The first-order valence-corrected chi connectivity index (χ1v) is 9.59. The molecule has 1 aliphatic heterocycles. The lowest BCUT2D eigenvalue weighted by Crippen LogP contribution is -2.59. The fraction of sp³-hybridized carbons (Fsp3) is 0.571. The van der Waals surface area contributed by atoms with Crippen molar-refractivity contribution in [3.63, 3.8) is 0 Å². The van der Waals surface area contributed by atoms with E-state index in [0.717, 1.165) is 18.6 Å². The van der Waals surface area contributed by atoms with Gasteiger partial charge in [0.1, 0.15) is 5.75 Å². The van der Waals surface area contributed by atoms with E-state index in [-0.39, 0.29) is 42.0 Å². The number of nitrogens with zero attached hydrogens (tertiary/aromatic N) is 1. The maximum absolute atomic E-state index is 13.0. The standard InChI is InChI=1S/C21H28N2O4/c1-5-27-15-8-6-14(7-9-15)22-17(24)11-13-23-18(25)16-10-12-21(4,19(23)26)20(16,2)3/h6-9,16H,5,10-13H2,1-4H3,(H,22,24). The second kappa shape index (κ2) is 6.98. The van der Waals surface area contributed by atoms with Crippen LogP contribution in [0.4, 0.5) is 5.69 Å². The summed E-state index contributed by atoms with van der Waals surface area (Å²) in [5.74, 6) is 0.108. The molecule has 146 valence electrons. The number of fused-ring (bicyclic) bond motifs is 2. The molecule has 1 N–H and O–H groups in total. The van der Waals surface area contributed by atoms with Crippen molar-refractivity contribution in [1.82, 2.24) is 4.90 Å². The molecule has 3 rings (SSSR count). The van der Waals surface area contributed by atoms with Crippen molar-refractivity contribution in [1.29, 1.82) is 0 Å². The van der Waals surface area contributed by atoms with E-state index >= 15 is 0 Å². The lowest BCUT2D eigenvalue weighted by Gasteiger charge is -2.47. The molecule has 1 aromatic carbocycles. The van der Waals surface area contributed by atoms with Crippen molar-refractivity contribution >= 4 is 23.4 Å². The van der Waals surface area contributed by atoms with Crippen molar-refractivity contribution in [2.24, 2.45) is 16.7 Å². The molecule has 2 fully saturated rings. The smallest absolute Gasteiger partial charge is 0.235 e. The van der Waals surface area contributed by atoms with Crippen LogP contribution in [0, 0.1) is 16.7 Å². The minimum absolute atomic E-state index is 0.0912. The van der Waals surface area contributed by atoms with Crippen LogP contribution in [-0.4, -0.2) is 35.8 Å². The van der Waals surface area contributed by atoms with Crippen LogP contribution in [0.15, 0.2) is 24.3 Å². The monoisotopic (exact) mass is 372 g/mol. The Labute approximate surface area is 160 Å². The number of anilines is 1. The number of imide groups is 1. The van der Waals surface area contributed by atoms with E-state index in [4.69, 9.17) is 4.74 Å². The summed E-state index contributed by atoms with van der Waals surface area (Å²) in [6, 6.07) is 7.11. The fourth-order valence-corrected chi connectivity index (χ4v) is 4.35. The molecule has 1 aromatic rings. The number of likely N-dealkylation sites (tertiary alicyclic amines) is 1. The molecule has 2 atom stereocenters. The molecule has 2 unspecified atom stereocenters. The van der Waals surface area contributed by atoms with Gasteiger partial charge in [0.2, 0.25) is 17.7 Å². The maximum atomic E-state index is 13.0. The molecule has 2 aliphatic rings. The summed E-state index contributed by atoms with van der Waals surface area (Å²) >= 11 is 0. The van der Waals surface area contributed by atoms with Gasteiger partial charge in [0, 0.05) is 24.6 Å². The molecular weight excluding hydrogens is 344 g/mol. The molecule has 2 bridgehead atoms. The number of benzene rings is 1. The largest absolute Gasteiger partial charge is 0.494 e. The minimum Gasteiger partial charge on any atom is -0.494 e. The molecule has 27 heavy (non-hydrogen) atoms. The average Bonchev–Trinajstić information content (AvgIpc) is 2.80. The van der Waals surface area contributed by atoms with Crippen molar-refractivity contribution in [2.45, 2.75) is 47.0 Å².